The summed E-state index contributed by atoms with van der Waals surface area (Å²) in [5.74, 6) is -1.08. The van der Waals surface area contributed by atoms with Crippen molar-refractivity contribution in [3.05, 3.63) is 52.0 Å². The molecule has 0 aliphatic rings. The molecule has 0 fully saturated rings. The van der Waals surface area contributed by atoms with Gasteiger partial charge in [-0.25, -0.2) is 8.78 Å². The van der Waals surface area contributed by atoms with Crippen LogP contribution in [0.5, 0.6) is 0 Å². The van der Waals surface area contributed by atoms with Gasteiger partial charge < -0.3 is 11.1 Å². The molecule has 0 bridgehead atoms. The summed E-state index contributed by atoms with van der Waals surface area (Å²) in [6.45, 7) is 0. The van der Waals surface area contributed by atoms with Gasteiger partial charge in [0.05, 0.1) is 21.4 Å². The van der Waals surface area contributed by atoms with Gasteiger partial charge >= 0.3 is 0 Å². The lowest BCUT2D eigenvalue weighted by atomic mass is 10.2. The number of nitrogens with two attached hydrogens (primary N) is 1. The first-order chi connectivity index (χ1) is 9.01. The first kappa shape index (κ1) is 13.3. The smallest absolute Gasteiger partial charge is 0.141 e. The fourth-order valence-corrected chi connectivity index (χ4v) is 1.88. The zero-order chi connectivity index (χ0) is 14.0. The summed E-state index contributed by atoms with van der Waals surface area (Å²) in [4.78, 5) is 0. The van der Waals surface area contributed by atoms with Gasteiger partial charge in [-0.15, -0.1) is 0 Å². The highest BCUT2D eigenvalue weighted by molar-refractivity contribution is 9.10. The number of halogens is 3. The Morgan fingerprint density at radius 3 is 2.58 bits per heavy atom. The van der Waals surface area contributed by atoms with Gasteiger partial charge in [-0.05, 0) is 40.2 Å². The molecule has 0 aromatic heterocycles. The largest absolute Gasteiger partial charge is 0.397 e. The van der Waals surface area contributed by atoms with Crippen LogP contribution in [-0.2, 0) is 0 Å². The molecule has 2 rings (SSSR count). The van der Waals surface area contributed by atoms with E-state index in [2.05, 4.69) is 21.2 Å². The lowest BCUT2D eigenvalue weighted by Gasteiger charge is -2.10. The van der Waals surface area contributed by atoms with Gasteiger partial charge in [-0.2, -0.15) is 5.26 Å². The minimum atomic E-state index is -0.608. The molecule has 2 aromatic carbocycles. The number of hydrogen-bond acceptors (Lipinski definition) is 3. The Morgan fingerprint density at radius 2 is 1.89 bits per heavy atom. The SMILES string of the molecule is N#Cc1cc(Nc2cc(F)c(Br)cc2N)ccc1F. The molecule has 0 saturated carbocycles. The van der Waals surface area contributed by atoms with E-state index < -0.39 is 11.6 Å². The summed E-state index contributed by atoms with van der Waals surface area (Å²) in [6.07, 6.45) is 0. The average Bonchev–Trinajstić information content (AvgIpc) is 2.38. The van der Waals surface area contributed by atoms with Crippen LogP contribution >= 0.6 is 15.9 Å². The van der Waals surface area contributed by atoms with E-state index in [1.165, 1.54) is 24.3 Å². The highest BCUT2D eigenvalue weighted by Crippen LogP contribution is 2.29. The molecule has 0 unspecified atom stereocenters. The number of anilines is 3. The first-order valence-electron chi connectivity index (χ1n) is 5.22. The third-order valence-electron chi connectivity index (χ3n) is 2.46. The number of rotatable bonds is 2. The van der Waals surface area contributed by atoms with Gasteiger partial charge in [-0.3, -0.25) is 0 Å². The number of benzene rings is 2. The molecule has 0 saturated heterocycles. The van der Waals surface area contributed by atoms with Crippen molar-refractivity contribution in [2.24, 2.45) is 0 Å². The van der Waals surface area contributed by atoms with Crippen molar-refractivity contribution < 1.29 is 8.78 Å². The quantitative estimate of drug-likeness (QED) is 0.823. The van der Waals surface area contributed by atoms with Crippen LogP contribution in [0.3, 0.4) is 0 Å². The van der Waals surface area contributed by atoms with Crippen molar-refractivity contribution in [2.75, 3.05) is 11.1 Å². The standard InChI is InChI=1S/C13H8BrF2N3/c14-9-4-12(18)13(5-11(9)16)19-8-1-2-10(15)7(3-8)6-17/h1-5,19H,18H2. The molecule has 96 valence electrons. The van der Waals surface area contributed by atoms with Gasteiger partial charge in [0, 0.05) is 11.8 Å². The Kier molecular flexibility index (Phi) is 3.67. The Hall–Kier alpha value is -2.13. The normalized spacial score (nSPS) is 10.0. The van der Waals surface area contributed by atoms with Crippen LogP contribution < -0.4 is 11.1 Å². The average molecular weight is 324 g/mol. The van der Waals surface area contributed by atoms with E-state index in [1.54, 1.807) is 6.07 Å². The zero-order valence-electron chi connectivity index (χ0n) is 9.55. The summed E-state index contributed by atoms with van der Waals surface area (Å²) < 4.78 is 26.8. The van der Waals surface area contributed by atoms with Gasteiger partial charge in [0.2, 0.25) is 0 Å². The summed E-state index contributed by atoms with van der Waals surface area (Å²) >= 11 is 3.02. The fraction of sp³-hybridized carbons (Fsp3) is 0. The number of nitrogen functional groups attached to an aromatic ring is 1. The molecule has 0 aliphatic carbocycles. The summed E-state index contributed by atoms with van der Waals surface area (Å²) in [5, 5.41) is 11.6. The van der Waals surface area contributed by atoms with Crippen LogP contribution in [0.15, 0.2) is 34.8 Å². The van der Waals surface area contributed by atoms with Crippen molar-refractivity contribution in [2.45, 2.75) is 0 Å². The Morgan fingerprint density at radius 1 is 1.16 bits per heavy atom. The predicted molar refractivity (Wildman–Crippen MR) is 72.9 cm³/mol. The summed E-state index contributed by atoms with van der Waals surface area (Å²) in [7, 11) is 0. The summed E-state index contributed by atoms with van der Waals surface area (Å²) in [6, 6.07) is 8.30. The second-order valence-corrected chi connectivity index (χ2v) is 4.64. The van der Waals surface area contributed by atoms with Crippen molar-refractivity contribution >= 4 is 33.0 Å². The third-order valence-corrected chi connectivity index (χ3v) is 3.07. The van der Waals surface area contributed by atoms with Crippen molar-refractivity contribution in [3.63, 3.8) is 0 Å². The molecule has 0 heterocycles. The van der Waals surface area contributed by atoms with E-state index in [0.29, 0.717) is 17.1 Å². The maximum absolute atomic E-state index is 13.4. The molecule has 0 aliphatic heterocycles. The molecule has 19 heavy (non-hydrogen) atoms. The van der Waals surface area contributed by atoms with E-state index in [9.17, 15) is 8.78 Å². The van der Waals surface area contributed by atoms with Gasteiger partial charge in [-0.1, -0.05) is 0 Å². The molecule has 3 N–H and O–H groups in total. The maximum atomic E-state index is 13.4. The maximum Gasteiger partial charge on any atom is 0.141 e. The Balaban J connectivity index is 2.37. The fourth-order valence-electron chi connectivity index (χ4n) is 1.51. The van der Waals surface area contributed by atoms with Crippen LogP contribution in [0, 0.1) is 23.0 Å². The molecular formula is C13H8BrF2N3. The van der Waals surface area contributed by atoms with Crippen molar-refractivity contribution in [1.82, 2.24) is 0 Å². The van der Waals surface area contributed by atoms with E-state index in [-0.39, 0.29) is 10.0 Å². The van der Waals surface area contributed by atoms with E-state index >= 15 is 0 Å². The van der Waals surface area contributed by atoms with E-state index in [4.69, 9.17) is 11.0 Å². The molecule has 0 radical (unpaired) electrons. The second-order valence-electron chi connectivity index (χ2n) is 3.78. The van der Waals surface area contributed by atoms with Crippen molar-refractivity contribution in [1.29, 1.82) is 5.26 Å². The number of hydrogen-bond donors (Lipinski definition) is 2. The van der Waals surface area contributed by atoms with Crippen LogP contribution in [0.4, 0.5) is 25.8 Å². The number of nitrogens with zero attached hydrogens (tertiary/aromatic N) is 1. The zero-order valence-corrected chi connectivity index (χ0v) is 11.1. The lowest BCUT2D eigenvalue weighted by molar-refractivity contribution is 0.621. The monoisotopic (exact) mass is 323 g/mol. The summed E-state index contributed by atoms with van der Waals surface area (Å²) in [5.41, 5.74) is 6.77. The highest BCUT2D eigenvalue weighted by Gasteiger charge is 2.08. The van der Waals surface area contributed by atoms with Crippen molar-refractivity contribution in [3.8, 4) is 6.07 Å². The predicted octanol–water partition coefficient (Wildman–Crippen LogP) is 3.92. The van der Waals surface area contributed by atoms with Gasteiger partial charge in [0.15, 0.2) is 0 Å². The molecule has 0 atom stereocenters. The molecular weight excluding hydrogens is 316 g/mol. The Labute approximate surface area is 116 Å². The first-order valence-corrected chi connectivity index (χ1v) is 6.01. The number of nitrogens with one attached hydrogen (secondary N) is 1. The highest BCUT2D eigenvalue weighted by atomic mass is 79.9. The van der Waals surface area contributed by atoms with Gasteiger partial charge in [0.25, 0.3) is 0 Å². The minimum Gasteiger partial charge on any atom is -0.397 e. The van der Waals surface area contributed by atoms with Crippen LogP contribution in [-0.4, -0.2) is 0 Å². The molecule has 2 aromatic rings. The van der Waals surface area contributed by atoms with E-state index in [1.807, 2.05) is 0 Å². The van der Waals surface area contributed by atoms with Gasteiger partial charge in [0.1, 0.15) is 17.7 Å². The Bertz CT molecular complexity index is 680. The van der Waals surface area contributed by atoms with Crippen LogP contribution in [0.1, 0.15) is 5.56 Å². The number of nitriles is 1. The topological polar surface area (TPSA) is 61.8 Å². The third kappa shape index (κ3) is 2.83. The lowest BCUT2D eigenvalue weighted by Crippen LogP contribution is -1.98. The molecule has 0 spiro atoms. The van der Waals surface area contributed by atoms with E-state index in [0.717, 1.165) is 6.07 Å². The molecule has 6 heteroatoms. The molecule has 0 amide bonds. The van der Waals surface area contributed by atoms with Crippen LogP contribution in [0.25, 0.3) is 0 Å². The minimum absolute atomic E-state index is 0.0962. The molecule has 3 nitrogen and oxygen atoms in total. The second kappa shape index (κ2) is 5.24. The van der Waals surface area contributed by atoms with Crippen LogP contribution in [0.2, 0.25) is 0 Å².